The first-order valence-electron chi connectivity index (χ1n) is 6.91. The predicted octanol–water partition coefficient (Wildman–Crippen LogP) is 4.12. The van der Waals surface area contributed by atoms with Gasteiger partial charge in [-0.1, -0.05) is 33.6 Å². The maximum absolute atomic E-state index is 12.0. The van der Waals surface area contributed by atoms with Gasteiger partial charge in [0.05, 0.1) is 11.2 Å². The molecule has 0 fully saturated rings. The van der Waals surface area contributed by atoms with Crippen molar-refractivity contribution < 1.29 is 9.90 Å². The number of halogens is 2. The maximum atomic E-state index is 12.0. The molecule has 0 atom stereocenters. The van der Waals surface area contributed by atoms with Crippen molar-refractivity contribution in [2.75, 3.05) is 0 Å². The van der Waals surface area contributed by atoms with Crippen molar-refractivity contribution in [3.8, 4) is 5.75 Å². The number of benzene rings is 2. The van der Waals surface area contributed by atoms with E-state index >= 15 is 0 Å². The Labute approximate surface area is 151 Å². The lowest BCUT2D eigenvalue weighted by atomic mass is 10.1. The zero-order chi connectivity index (χ0) is 17.1. The highest BCUT2D eigenvalue weighted by molar-refractivity contribution is 9.10. The molecule has 7 heteroatoms. The van der Waals surface area contributed by atoms with Crippen LogP contribution in [0.2, 0.25) is 5.02 Å². The Morgan fingerprint density at radius 3 is 2.92 bits per heavy atom. The van der Waals surface area contributed by atoms with E-state index in [1.54, 1.807) is 42.6 Å². The number of phenols is 1. The zero-order valence-electron chi connectivity index (χ0n) is 12.2. The summed E-state index contributed by atoms with van der Waals surface area (Å²) in [5.74, 6) is -0.410. The van der Waals surface area contributed by atoms with Gasteiger partial charge in [-0.25, -0.2) is 5.43 Å². The third-order valence-corrected chi connectivity index (χ3v) is 4.11. The normalized spacial score (nSPS) is 11.1. The highest BCUT2D eigenvalue weighted by Crippen LogP contribution is 2.31. The Morgan fingerprint density at radius 2 is 2.12 bits per heavy atom. The number of aromatic nitrogens is 1. The van der Waals surface area contributed by atoms with E-state index in [2.05, 4.69) is 31.4 Å². The first kappa shape index (κ1) is 16.4. The fourth-order valence-electron chi connectivity index (χ4n) is 2.16. The Hall–Kier alpha value is -2.44. The van der Waals surface area contributed by atoms with Gasteiger partial charge in [-0.15, -0.1) is 0 Å². The van der Waals surface area contributed by atoms with Crippen LogP contribution in [-0.4, -0.2) is 22.2 Å². The average Bonchev–Trinajstić information content (AvgIpc) is 2.59. The van der Waals surface area contributed by atoms with Gasteiger partial charge in [-0.2, -0.15) is 5.10 Å². The predicted molar refractivity (Wildman–Crippen MR) is 97.6 cm³/mol. The summed E-state index contributed by atoms with van der Waals surface area (Å²) >= 11 is 9.49. The van der Waals surface area contributed by atoms with Gasteiger partial charge in [0.15, 0.2) is 5.75 Å². The number of hydrogen-bond acceptors (Lipinski definition) is 4. The fourth-order valence-corrected chi connectivity index (χ4v) is 2.83. The molecule has 0 bridgehead atoms. The first-order chi connectivity index (χ1) is 11.6. The maximum Gasteiger partial charge on any atom is 0.271 e. The van der Waals surface area contributed by atoms with Gasteiger partial charge in [0.25, 0.3) is 5.91 Å². The van der Waals surface area contributed by atoms with Crippen LogP contribution in [0.1, 0.15) is 15.9 Å². The Morgan fingerprint density at radius 1 is 1.29 bits per heavy atom. The smallest absolute Gasteiger partial charge is 0.271 e. The summed E-state index contributed by atoms with van der Waals surface area (Å²) in [7, 11) is 0. The van der Waals surface area contributed by atoms with Crippen molar-refractivity contribution in [1.82, 2.24) is 10.4 Å². The van der Waals surface area contributed by atoms with Crippen LogP contribution in [0.5, 0.6) is 5.75 Å². The van der Waals surface area contributed by atoms with Crippen LogP contribution in [0, 0.1) is 0 Å². The summed E-state index contributed by atoms with van der Waals surface area (Å²) in [6, 6.07) is 12.0. The largest absolute Gasteiger partial charge is 0.505 e. The quantitative estimate of drug-likeness (QED) is 0.509. The molecule has 0 saturated heterocycles. The molecule has 0 spiro atoms. The summed E-state index contributed by atoms with van der Waals surface area (Å²) in [5, 5.41) is 15.2. The molecule has 0 saturated carbocycles. The number of carbonyl (C=O) groups excluding carboxylic acids is 1. The fraction of sp³-hybridized carbons (Fsp3) is 0. The van der Waals surface area contributed by atoms with E-state index in [-0.39, 0.29) is 11.7 Å². The molecule has 2 aromatic carbocycles. The number of amides is 1. The summed E-state index contributed by atoms with van der Waals surface area (Å²) in [5.41, 5.74) is 3.61. The van der Waals surface area contributed by atoms with E-state index in [0.717, 1.165) is 4.47 Å². The molecular formula is C17H11BrClN3O2. The molecule has 1 amide bonds. The van der Waals surface area contributed by atoms with Crippen molar-refractivity contribution in [2.45, 2.75) is 0 Å². The van der Waals surface area contributed by atoms with Crippen LogP contribution in [0.4, 0.5) is 0 Å². The molecule has 0 unspecified atom stereocenters. The molecule has 3 rings (SSSR count). The lowest BCUT2D eigenvalue weighted by Crippen LogP contribution is -2.17. The van der Waals surface area contributed by atoms with Crippen LogP contribution in [-0.2, 0) is 0 Å². The monoisotopic (exact) mass is 403 g/mol. The van der Waals surface area contributed by atoms with Gasteiger partial charge in [0.2, 0.25) is 0 Å². The molecule has 1 aromatic heterocycles. The van der Waals surface area contributed by atoms with Crippen molar-refractivity contribution in [1.29, 1.82) is 0 Å². The topological polar surface area (TPSA) is 74.6 Å². The molecule has 24 heavy (non-hydrogen) atoms. The van der Waals surface area contributed by atoms with Crippen LogP contribution >= 0.6 is 27.5 Å². The van der Waals surface area contributed by atoms with Crippen molar-refractivity contribution in [3.63, 3.8) is 0 Å². The molecule has 5 nitrogen and oxygen atoms in total. The summed E-state index contributed by atoms with van der Waals surface area (Å²) in [4.78, 5) is 16.1. The summed E-state index contributed by atoms with van der Waals surface area (Å²) in [6.07, 6.45) is 2.89. The lowest BCUT2D eigenvalue weighted by molar-refractivity contribution is 0.0955. The second kappa shape index (κ2) is 6.98. The van der Waals surface area contributed by atoms with Gasteiger partial charge in [-0.05, 0) is 36.4 Å². The molecule has 2 N–H and O–H groups in total. The second-order valence-corrected chi connectivity index (χ2v) is 6.23. The zero-order valence-corrected chi connectivity index (χ0v) is 14.5. The minimum absolute atomic E-state index is 0.0459. The van der Waals surface area contributed by atoms with E-state index in [1.165, 1.54) is 6.21 Å². The van der Waals surface area contributed by atoms with Crippen LogP contribution in [0.15, 0.2) is 58.2 Å². The van der Waals surface area contributed by atoms with Gasteiger partial charge in [-0.3, -0.25) is 9.78 Å². The van der Waals surface area contributed by atoms with Crippen molar-refractivity contribution in [3.05, 3.63) is 69.3 Å². The lowest BCUT2D eigenvalue weighted by Gasteiger charge is -2.06. The number of phenolic OH excluding ortho intramolecular Hbond substituents is 1. The number of rotatable bonds is 3. The summed E-state index contributed by atoms with van der Waals surface area (Å²) < 4.78 is 0.796. The number of nitrogens with one attached hydrogen (secondary N) is 1. The highest BCUT2D eigenvalue weighted by atomic mass is 79.9. The Kier molecular flexibility index (Phi) is 4.78. The van der Waals surface area contributed by atoms with Crippen molar-refractivity contribution >= 4 is 50.6 Å². The third kappa shape index (κ3) is 3.39. The minimum Gasteiger partial charge on any atom is -0.505 e. The number of nitrogens with zero attached hydrogens (tertiary/aromatic N) is 2. The molecule has 1 heterocycles. The summed E-state index contributed by atoms with van der Waals surface area (Å²) in [6.45, 7) is 0. The number of hydrogen-bond donors (Lipinski definition) is 2. The minimum atomic E-state index is -0.364. The van der Waals surface area contributed by atoms with E-state index in [0.29, 0.717) is 27.1 Å². The molecule has 0 aliphatic rings. The van der Waals surface area contributed by atoms with Gasteiger partial charge < -0.3 is 5.11 Å². The standard InChI is InChI=1S/C17H11BrClN3O2/c18-12-4-1-3-10(7-12)17(24)22-21-9-11-8-14(19)13-5-2-6-20-15(13)16(11)23/h1-9,23H,(H,22,24)/b21-9-. The van der Waals surface area contributed by atoms with Crippen LogP contribution in [0.3, 0.4) is 0 Å². The molecule has 120 valence electrons. The number of pyridine rings is 1. The second-order valence-electron chi connectivity index (χ2n) is 4.91. The van der Waals surface area contributed by atoms with E-state index in [1.807, 2.05) is 6.07 Å². The molecular weight excluding hydrogens is 394 g/mol. The molecule has 3 aromatic rings. The molecule has 0 aliphatic carbocycles. The van der Waals surface area contributed by atoms with Gasteiger partial charge >= 0.3 is 0 Å². The number of fused-ring (bicyclic) bond motifs is 1. The average molecular weight is 405 g/mol. The van der Waals surface area contributed by atoms with Gasteiger partial charge in [0.1, 0.15) is 5.52 Å². The molecule has 0 aliphatic heterocycles. The van der Waals surface area contributed by atoms with Crippen LogP contribution < -0.4 is 5.43 Å². The van der Waals surface area contributed by atoms with Crippen LogP contribution in [0.25, 0.3) is 10.9 Å². The van der Waals surface area contributed by atoms with E-state index in [4.69, 9.17) is 11.6 Å². The Balaban J connectivity index is 1.83. The van der Waals surface area contributed by atoms with E-state index < -0.39 is 0 Å². The highest BCUT2D eigenvalue weighted by Gasteiger charge is 2.10. The Bertz CT molecular complexity index is 960. The molecule has 0 radical (unpaired) electrons. The van der Waals surface area contributed by atoms with Crippen molar-refractivity contribution in [2.24, 2.45) is 5.10 Å². The van der Waals surface area contributed by atoms with E-state index in [9.17, 15) is 9.90 Å². The number of carbonyl (C=O) groups is 1. The first-order valence-corrected chi connectivity index (χ1v) is 8.08. The SMILES string of the molecule is O=C(N/N=C\c1cc(Cl)c2cccnc2c1O)c1cccc(Br)c1. The van der Waals surface area contributed by atoms with Gasteiger partial charge in [0, 0.05) is 27.2 Å². The number of aromatic hydroxyl groups is 1. The number of hydrazone groups is 1. The third-order valence-electron chi connectivity index (χ3n) is 3.30.